The van der Waals surface area contributed by atoms with Gasteiger partial charge in [0.05, 0.1) is 11.2 Å². The zero-order valence-corrected chi connectivity index (χ0v) is 9.89. The summed E-state index contributed by atoms with van der Waals surface area (Å²) in [5.74, 6) is 0. The van der Waals surface area contributed by atoms with Gasteiger partial charge in [0.15, 0.2) is 9.84 Å². The number of rotatable bonds is 3. The molecule has 0 amide bonds. The Hall–Kier alpha value is -1.08. The first-order chi connectivity index (χ1) is 6.68. The van der Waals surface area contributed by atoms with Gasteiger partial charge in [-0.15, -0.1) is 0 Å². The van der Waals surface area contributed by atoms with Crippen molar-refractivity contribution in [1.82, 2.24) is 0 Å². The van der Waals surface area contributed by atoms with Gasteiger partial charge in [-0.25, -0.2) is 16.8 Å². The van der Waals surface area contributed by atoms with Gasteiger partial charge in [-0.2, -0.15) is 0 Å². The minimum atomic E-state index is -3.38. The molecule has 0 bridgehead atoms. The topological polar surface area (TPSA) is 80.3 Å². The second-order valence-corrected chi connectivity index (χ2v) is 6.94. The fourth-order valence-electron chi connectivity index (χ4n) is 1.00. The van der Waals surface area contributed by atoms with Crippen LogP contribution in [0.2, 0.25) is 0 Å². The van der Waals surface area contributed by atoms with Crippen molar-refractivity contribution in [1.29, 1.82) is 0 Å². The molecule has 0 aromatic heterocycles. The molecule has 5 nitrogen and oxygen atoms in total. The molecule has 1 aromatic rings. The van der Waals surface area contributed by atoms with E-state index in [0.717, 1.165) is 12.5 Å². The van der Waals surface area contributed by atoms with Crippen LogP contribution in [0, 0.1) is 0 Å². The maximum absolute atomic E-state index is 11.2. The van der Waals surface area contributed by atoms with Crippen LogP contribution in [-0.4, -0.2) is 29.3 Å². The Morgan fingerprint density at radius 2 is 1.67 bits per heavy atom. The quantitative estimate of drug-likeness (QED) is 0.844. The second-order valence-electron chi connectivity index (χ2n) is 3.17. The summed E-state index contributed by atoms with van der Waals surface area (Å²) in [5, 5.41) is 0. The van der Waals surface area contributed by atoms with Gasteiger partial charge in [0.25, 0.3) is 0 Å². The van der Waals surface area contributed by atoms with E-state index in [1.807, 2.05) is 0 Å². The van der Waals surface area contributed by atoms with Crippen LogP contribution >= 0.6 is 0 Å². The fraction of sp³-hybridized carbons (Fsp3) is 0.250. The van der Waals surface area contributed by atoms with Crippen LogP contribution in [0.4, 0.5) is 5.69 Å². The lowest BCUT2D eigenvalue weighted by Gasteiger charge is -2.05. The Morgan fingerprint density at radius 1 is 1.07 bits per heavy atom. The van der Waals surface area contributed by atoms with E-state index in [1.54, 1.807) is 0 Å². The molecule has 0 aliphatic rings. The standard InChI is InChI=1S/C8H11NO4S2/c1-14(10,11)8-5-3-4-7(6-8)9-15(2,12)13/h3-6,9H,1-2H3. The normalized spacial score (nSPS) is 12.4. The summed E-state index contributed by atoms with van der Waals surface area (Å²) in [7, 11) is -6.70. The van der Waals surface area contributed by atoms with Gasteiger partial charge in [0.2, 0.25) is 10.0 Å². The molecule has 0 unspecified atom stereocenters. The van der Waals surface area contributed by atoms with Crippen molar-refractivity contribution in [3.8, 4) is 0 Å². The van der Waals surface area contributed by atoms with E-state index in [-0.39, 0.29) is 10.6 Å². The third-order valence-electron chi connectivity index (χ3n) is 1.57. The zero-order chi connectivity index (χ0) is 11.7. The predicted molar refractivity (Wildman–Crippen MR) is 58.0 cm³/mol. The van der Waals surface area contributed by atoms with Gasteiger partial charge in [-0.05, 0) is 18.2 Å². The molecule has 7 heteroatoms. The molecular weight excluding hydrogens is 238 g/mol. The Kier molecular flexibility index (Phi) is 3.05. The molecule has 0 aliphatic carbocycles. The largest absolute Gasteiger partial charge is 0.284 e. The number of hydrogen-bond donors (Lipinski definition) is 1. The average Bonchev–Trinajstić information content (AvgIpc) is 1.99. The lowest BCUT2D eigenvalue weighted by Crippen LogP contribution is -2.10. The summed E-state index contributed by atoms with van der Waals surface area (Å²) < 4.78 is 46.4. The highest BCUT2D eigenvalue weighted by Crippen LogP contribution is 2.15. The summed E-state index contributed by atoms with van der Waals surface area (Å²) in [6.45, 7) is 0. The minimum Gasteiger partial charge on any atom is -0.284 e. The molecule has 1 aromatic carbocycles. The van der Waals surface area contributed by atoms with Crippen molar-refractivity contribution in [3.05, 3.63) is 24.3 Å². The summed E-state index contributed by atoms with van der Waals surface area (Å²) in [6.07, 6.45) is 2.06. The first-order valence-electron chi connectivity index (χ1n) is 3.96. The van der Waals surface area contributed by atoms with E-state index in [1.165, 1.54) is 24.3 Å². The van der Waals surface area contributed by atoms with Gasteiger partial charge in [0.1, 0.15) is 0 Å². The predicted octanol–water partition coefficient (Wildman–Crippen LogP) is 0.462. The molecule has 84 valence electrons. The smallest absolute Gasteiger partial charge is 0.229 e. The molecule has 0 fully saturated rings. The molecule has 0 aliphatic heterocycles. The van der Waals surface area contributed by atoms with Crippen molar-refractivity contribution in [2.75, 3.05) is 17.2 Å². The third kappa shape index (κ3) is 3.88. The van der Waals surface area contributed by atoms with E-state index in [0.29, 0.717) is 0 Å². The average molecular weight is 249 g/mol. The van der Waals surface area contributed by atoms with Crippen LogP contribution in [0.25, 0.3) is 0 Å². The molecule has 0 atom stereocenters. The lowest BCUT2D eigenvalue weighted by molar-refractivity contribution is 0.601. The number of sulfone groups is 1. The highest BCUT2D eigenvalue weighted by Gasteiger charge is 2.08. The molecule has 0 spiro atoms. The monoisotopic (exact) mass is 249 g/mol. The first kappa shape index (κ1) is 12.0. The van der Waals surface area contributed by atoms with Crippen LogP contribution in [0.5, 0.6) is 0 Å². The van der Waals surface area contributed by atoms with E-state index in [9.17, 15) is 16.8 Å². The summed E-state index contributed by atoms with van der Waals surface area (Å²) in [4.78, 5) is 0.0798. The maximum atomic E-state index is 11.2. The van der Waals surface area contributed by atoms with Gasteiger partial charge in [-0.1, -0.05) is 6.07 Å². The third-order valence-corrected chi connectivity index (χ3v) is 3.28. The maximum Gasteiger partial charge on any atom is 0.229 e. The Morgan fingerprint density at radius 3 is 2.13 bits per heavy atom. The van der Waals surface area contributed by atoms with Crippen molar-refractivity contribution < 1.29 is 16.8 Å². The molecule has 15 heavy (non-hydrogen) atoms. The van der Waals surface area contributed by atoms with Crippen molar-refractivity contribution in [3.63, 3.8) is 0 Å². The van der Waals surface area contributed by atoms with E-state index in [4.69, 9.17) is 0 Å². The fourth-order valence-corrected chi connectivity index (χ4v) is 2.23. The van der Waals surface area contributed by atoms with Crippen LogP contribution in [0.15, 0.2) is 29.2 Å². The number of sulfonamides is 1. The van der Waals surface area contributed by atoms with Crippen molar-refractivity contribution in [2.45, 2.75) is 4.90 Å². The molecule has 0 saturated carbocycles. The van der Waals surface area contributed by atoms with Crippen LogP contribution in [0.3, 0.4) is 0 Å². The molecule has 0 radical (unpaired) electrons. The molecule has 0 saturated heterocycles. The van der Waals surface area contributed by atoms with Gasteiger partial charge < -0.3 is 0 Å². The highest BCUT2D eigenvalue weighted by atomic mass is 32.2. The highest BCUT2D eigenvalue weighted by molar-refractivity contribution is 7.92. The SMILES string of the molecule is CS(=O)(=O)Nc1cccc(S(C)(=O)=O)c1. The van der Waals surface area contributed by atoms with E-state index in [2.05, 4.69) is 4.72 Å². The molecule has 1 rings (SSSR count). The number of nitrogens with one attached hydrogen (secondary N) is 1. The Bertz CT molecular complexity index is 560. The van der Waals surface area contributed by atoms with Crippen molar-refractivity contribution in [2.24, 2.45) is 0 Å². The summed E-state index contributed by atoms with van der Waals surface area (Å²) in [6, 6.07) is 5.64. The number of hydrogen-bond acceptors (Lipinski definition) is 4. The zero-order valence-electron chi connectivity index (χ0n) is 8.26. The Labute approximate surface area is 89.1 Å². The van der Waals surface area contributed by atoms with Gasteiger partial charge >= 0.3 is 0 Å². The molecular formula is C8H11NO4S2. The molecule has 1 N–H and O–H groups in total. The molecule has 0 heterocycles. The van der Waals surface area contributed by atoms with E-state index < -0.39 is 19.9 Å². The number of anilines is 1. The van der Waals surface area contributed by atoms with Crippen molar-refractivity contribution >= 4 is 25.5 Å². The lowest BCUT2D eigenvalue weighted by atomic mass is 10.3. The van der Waals surface area contributed by atoms with Crippen LogP contribution in [0.1, 0.15) is 0 Å². The summed E-state index contributed by atoms with van der Waals surface area (Å²) in [5.41, 5.74) is 0.237. The minimum absolute atomic E-state index is 0.0798. The van der Waals surface area contributed by atoms with Gasteiger partial charge in [0, 0.05) is 11.9 Å². The first-order valence-corrected chi connectivity index (χ1v) is 7.75. The number of benzene rings is 1. The summed E-state index contributed by atoms with van der Waals surface area (Å²) >= 11 is 0. The van der Waals surface area contributed by atoms with E-state index >= 15 is 0 Å². The van der Waals surface area contributed by atoms with Gasteiger partial charge in [-0.3, -0.25) is 4.72 Å². The van der Waals surface area contributed by atoms with Crippen LogP contribution < -0.4 is 4.72 Å². The Balaban J connectivity index is 3.15. The van der Waals surface area contributed by atoms with Crippen LogP contribution in [-0.2, 0) is 19.9 Å². The second kappa shape index (κ2) is 3.82.